The minimum absolute atomic E-state index is 0.519. The van der Waals surface area contributed by atoms with E-state index in [1.807, 2.05) is 0 Å². The number of hydrogen-bond donors (Lipinski definition) is 1. The Morgan fingerprint density at radius 2 is 1.75 bits per heavy atom. The van der Waals surface area contributed by atoms with Crippen molar-refractivity contribution >= 4 is 0 Å². The highest BCUT2D eigenvalue weighted by Gasteiger charge is 1.58. The minimum Gasteiger partial charge on any atom is -0.399 e. The van der Waals surface area contributed by atoms with Crippen molar-refractivity contribution in [2.75, 3.05) is 14.2 Å². The van der Waals surface area contributed by atoms with Crippen LogP contribution in [0.2, 0.25) is 0 Å². The fourth-order valence-electron chi connectivity index (χ4n) is 0. The van der Waals surface area contributed by atoms with Crippen molar-refractivity contribution < 1.29 is 4.74 Å². The van der Waals surface area contributed by atoms with Gasteiger partial charge in [0.15, 0.2) is 0 Å². The van der Waals surface area contributed by atoms with Crippen LogP contribution in [-0.4, -0.2) is 14.2 Å². The zero-order chi connectivity index (χ0) is 6.99. The summed E-state index contributed by atoms with van der Waals surface area (Å²) in [7, 11) is 3.25. The van der Waals surface area contributed by atoms with Gasteiger partial charge in [0.1, 0.15) is 0 Å². The lowest BCUT2D eigenvalue weighted by molar-refractivity contribution is 0.277. The van der Waals surface area contributed by atoms with Crippen LogP contribution in [0.1, 0.15) is 0 Å². The lowest BCUT2D eigenvalue weighted by atomic mass is 10.5. The average Bonchev–Trinajstić information content (AvgIpc) is 1.69. The molecule has 0 aliphatic rings. The summed E-state index contributed by atoms with van der Waals surface area (Å²) < 4.78 is 4.25. The molecule has 0 atom stereocenters. The van der Waals surface area contributed by atoms with Crippen LogP contribution in [0.4, 0.5) is 0 Å². The molecule has 0 rings (SSSR count). The summed E-state index contributed by atoms with van der Waals surface area (Å²) in [4.78, 5) is 0. The molecule has 0 saturated carbocycles. The monoisotopic (exact) mass is 115 g/mol. The molecule has 0 aliphatic heterocycles. The van der Waals surface area contributed by atoms with Crippen molar-refractivity contribution in [2.45, 2.75) is 0 Å². The Balaban J connectivity index is 0. The van der Waals surface area contributed by atoms with Gasteiger partial charge in [-0.2, -0.15) is 0 Å². The second-order valence-corrected chi connectivity index (χ2v) is 1.19. The fraction of sp³-hybridized carbons (Fsp3) is 0.333. The molecule has 0 bridgehead atoms. The molecule has 0 aromatic rings. The van der Waals surface area contributed by atoms with Crippen LogP contribution in [-0.2, 0) is 4.74 Å². The van der Waals surface area contributed by atoms with Gasteiger partial charge in [-0.15, -0.1) is 0 Å². The molecule has 2 nitrogen and oxygen atoms in total. The van der Waals surface area contributed by atoms with Gasteiger partial charge in [0.25, 0.3) is 0 Å². The van der Waals surface area contributed by atoms with E-state index in [1.54, 1.807) is 14.2 Å². The molecule has 0 unspecified atom stereocenters. The normalized spacial score (nSPS) is 6.25. The Labute approximate surface area is 50.6 Å². The van der Waals surface area contributed by atoms with Crippen LogP contribution in [0.3, 0.4) is 0 Å². The summed E-state index contributed by atoms with van der Waals surface area (Å²) in [6, 6.07) is 0. The minimum atomic E-state index is 0.519. The van der Waals surface area contributed by atoms with Crippen molar-refractivity contribution in [2.24, 2.45) is 5.73 Å². The summed E-state index contributed by atoms with van der Waals surface area (Å²) in [6.45, 7) is 6.67. The molecule has 0 aliphatic carbocycles. The first kappa shape index (κ1) is 10.3. The van der Waals surface area contributed by atoms with E-state index in [1.165, 1.54) is 6.08 Å². The first-order valence-electron chi connectivity index (χ1n) is 2.16. The van der Waals surface area contributed by atoms with E-state index in [4.69, 9.17) is 5.73 Å². The van der Waals surface area contributed by atoms with Gasteiger partial charge in [-0.05, 0) is 6.08 Å². The first-order valence-corrected chi connectivity index (χ1v) is 2.16. The molecule has 0 saturated heterocycles. The van der Waals surface area contributed by atoms with Crippen molar-refractivity contribution in [3.05, 3.63) is 24.9 Å². The molecule has 2 heteroatoms. The predicted octanol–water partition coefficient (Wildman–Crippen LogP) is 0.907. The van der Waals surface area contributed by atoms with E-state index in [-0.39, 0.29) is 0 Å². The zero-order valence-corrected chi connectivity index (χ0v) is 5.48. The van der Waals surface area contributed by atoms with Crippen LogP contribution in [0, 0.1) is 0 Å². The number of hydrogen-bond acceptors (Lipinski definition) is 2. The third kappa shape index (κ3) is 61.3. The number of rotatable bonds is 1. The van der Waals surface area contributed by atoms with Crippen molar-refractivity contribution in [3.63, 3.8) is 0 Å². The van der Waals surface area contributed by atoms with Crippen LogP contribution in [0.25, 0.3) is 0 Å². The second kappa shape index (κ2) is 9.53. The van der Waals surface area contributed by atoms with E-state index in [0.717, 1.165) is 0 Å². The van der Waals surface area contributed by atoms with Gasteiger partial charge in [-0.25, -0.2) is 0 Å². The molecule has 0 heterocycles. The van der Waals surface area contributed by atoms with Gasteiger partial charge in [0, 0.05) is 19.9 Å². The number of methoxy groups -OCH3 is 1. The summed E-state index contributed by atoms with van der Waals surface area (Å²) in [6.07, 6.45) is 1.50. The molecular formula is C6H13NO. The summed E-state index contributed by atoms with van der Waals surface area (Å²) >= 11 is 0. The molecule has 0 aromatic heterocycles. The molecule has 0 radical (unpaired) electrons. The van der Waals surface area contributed by atoms with Crippen LogP contribution in [0.15, 0.2) is 24.9 Å². The lowest BCUT2D eigenvalue weighted by Gasteiger charge is -1.74. The highest BCUT2D eigenvalue weighted by Crippen LogP contribution is 1.69. The molecule has 8 heavy (non-hydrogen) atoms. The Morgan fingerprint density at radius 1 is 1.62 bits per heavy atom. The average molecular weight is 115 g/mol. The molecule has 48 valence electrons. The number of nitrogens with two attached hydrogens (primary N) is 1. The SMILES string of the molecule is C=CC(=C)N.COC. The van der Waals surface area contributed by atoms with E-state index in [2.05, 4.69) is 17.9 Å². The largest absolute Gasteiger partial charge is 0.399 e. The molecule has 0 amide bonds. The van der Waals surface area contributed by atoms with Gasteiger partial charge >= 0.3 is 0 Å². The van der Waals surface area contributed by atoms with Crippen molar-refractivity contribution in [1.29, 1.82) is 0 Å². The maximum absolute atomic E-state index is 4.98. The Kier molecular flexibility index (Phi) is 12.2. The fourth-order valence-corrected chi connectivity index (χ4v) is 0. The van der Waals surface area contributed by atoms with Crippen LogP contribution >= 0.6 is 0 Å². The van der Waals surface area contributed by atoms with E-state index < -0.39 is 0 Å². The van der Waals surface area contributed by atoms with Gasteiger partial charge < -0.3 is 10.5 Å². The molecule has 0 aromatic carbocycles. The summed E-state index contributed by atoms with van der Waals surface area (Å²) in [5, 5.41) is 0. The number of ether oxygens (including phenoxy) is 1. The van der Waals surface area contributed by atoms with Gasteiger partial charge in [0.2, 0.25) is 0 Å². The number of allylic oxidation sites excluding steroid dienone is 1. The third-order valence-electron chi connectivity index (χ3n) is 0.262. The Hall–Kier alpha value is -0.760. The summed E-state index contributed by atoms with van der Waals surface area (Å²) in [5.41, 5.74) is 5.50. The van der Waals surface area contributed by atoms with Crippen LogP contribution < -0.4 is 5.73 Å². The smallest absolute Gasteiger partial charge is 0.0351 e. The highest BCUT2D eigenvalue weighted by atomic mass is 16.4. The molecular weight excluding hydrogens is 102 g/mol. The van der Waals surface area contributed by atoms with E-state index in [9.17, 15) is 0 Å². The quantitative estimate of drug-likeness (QED) is 0.515. The maximum atomic E-state index is 4.98. The van der Waals surface area contributed by atoms with Crippen LogP contribution in [0.5, 0.6) is 0 Å². The maximum Gasteiger partial charge on any atom is 0.0351 e. The molecule has 0 spiro atoms. The second-order valence-electron chi connectivity index (χ2n) is 1.19. The van der Waals surface area contributed by atoms with Gasteiger partial charge in [-0.3, -0.25) is 0 Å². The topological polar surface area (TPSA) is 35.2 Å². The third-order valence-corrected chi connectivity index (χ3v) is 0.262. The predicted molar refractivity (Wildman–Crippen MR) is 36.5 cm³/mol. The standard InChI is InChI=1S/C4H7N.C2H6O/c1-3-4(2)5;1-3-2/h3H,1-2,5H2;1-2H3. The highest BCUT2D eigenvalue weighted by molar-refractivity contribution is 5.04. The molecule has 0 fully saturated rings. The summed E-state index contributed by atoms with van der Waals surface area (Å²) in [5.74, 6) is 0. The van der Waals surface area contributed by atoms with E-state index >= 15 is 0 Å². The molecule has 2 N–H and O–H groups in total. The van der Waals surface area contributed by atoms with Crippen molar-refractivity contribution in [3.8, 4) is 0 Å². The lowest BCUT2D eigenvalue weighted by Crippen LogP contribution is -1.86. The van der Waals surface area contributed by atoms with E-state index in [0.29, 0.717) is 5.70 Å². The zero-order valence-electron chi connectivity index (χ0n) is 5.48. The van der Waals surface area contributed by atoms with Crippen molar-refractivity contribution in [1.82, 2.24) is 0 Å². The van der Waals surface area contributed by atoms with Gasteiger partial charge in [-0.1, -0.05) is 13.2 Å². The first-order chi connectivity index (χ1) is 3.68. The van der Waals surface area contributed by atoms with Gasteiger partial charge in [0.05, 0.1) is 0 Å². The Morgan fingerprint density at radius 3 is 1.75 bits per heavy atom. The Bertz CT molecular complexity index is 68.9.